The molecule has 1 atom stereocenters. The summed E-state index contributed by atoms with van der Waals surface area (Å²) < 4.78 is 6.79. The van der Waals surface area contributed by atoms with Gasteiger partial charge in [-0.3, -0.25) is 19.5 Å². The van der Waals surface area contributed by atoms with E-state index >= 15 is 0 Å². The lowest BCUT2D eigenvalue weighted by Crippen LogP contribution is -2.39. The van der Waals surface area contributed by atoms with Crippen molar-refractivity contribution in [3.63, 3.8) is 0 Å². The smallest absolute Gasteiger partial charge is 0.325 e. The minimum absolute atomic E-state index is 0.0222. The van der Waals surface area contributed by atoms with Crippen LogP contribution in [-0.2, 0) is 35.6 Å². The molecule has 0 bridgehead atoms. The third kappa shape index (κ3) is 4.39. The Bertz CT molecular complexity index is 1230. The number of esters is 1. The van der Waals surface area contributed by atoms with Gasteiger partial charge in [0.2, 0.25) is 5.95 Å². The molecule has 4 heterocycles. The van der Waals surface area contributed by atoms with E-state index in [1.807, 2.05) is 29.0 Å². The number of benzene rings is 1. The lowest BCUT2D eigenvalue weighted by atomic mass is 10.0. The molecule has 5 rings (SSSR count). The van der Waals surface area contributed by atoms with Gasteiger partial charge in [-0.2, -0.15) is 0 Å². The van der Waals surface area contributed by atoms with E-state index in [2.05, 4.69) is 27.8 Å². The lowest BCUT2D eigenvalue weighted by molar-refractivity contribution is -0.141. The van der Waals surface area contributed by atoms with Gasteiger partial charge in [-0.05, 0) is 30.4 Å². The van der Waals surface area contributed by atoms with Crippen LogP contribution in [0.2, 0.25) is 0 Å². The highest BCUT2D eigenvalue weighted by Gasteiger charge is 2.25. The topological polar surface area (TPSA) is 83.5 Å². The number of nitrogens with zero attached hydrogens (tertiary/aromatic N) is 4. The quantitative estimate of drug-likeness (QED) is 0.603. The maximum atomic E-state index is 13.0. The molecule has 1 aromatic carbocycles. The van der Waals surface area contributed by atoms with Crippen LogP contribution in [-0.4, -0.2) is 52.1 Å². The molecule has 2 aromatic heterocycles. The Hall–Kier alpha value is -3.13. The molecular weight excluding hydrogens is 418 g/mol. The van der Waals surface area contributed by atoms with Crippen molar-refractivity contribution in [3.8, 4) is 0 Å². The first-order valence-electron chi connectivity index (χ1n) is 11.7. The number of anilines is 1. The second-order valence-corrected chi connectivity index (χ2v) is 9.34. The highest BCUT2D eigenvalue weighted by molar-refractivity contribution is 5.85. The number of carbonyl (C=O) groups is 1. The van der Waals surface area contributed by atoms with Crippen LogP contribution < -0.4 is 10.5 Å². The van der Waals surface area contributed by atoms with E-state index in [4.69, 9.17) is 9.72 Å². The Morgan fingerprint density at radius 2 is 2.12 bits per heavy atom. The summed E-state index contributed by atoms with van der Waals surface area (Å²) in [6.07, 6.45) is 5.16. The molecular formula is C25H31N5O3. The van der Waals surface area contributed by atoms with Crippen molar-refractivity contribution in [1.82, 2.24) is 19.4 Å². The van der Waals surface area contributed by atoms with Gasteiger partial charge in [-0.1, -0.05) is 25.1 Å². The van der Waals surface area contributed by atoms with Gasteiger partial charge in [0.25, 0.3) is 5.56 Å². The van der Waals surface area contributed by atoms with Crippen LogP contribution in [0.3, 0.4) is 0 Å². The number of para-hydroxylation sites is 1. The molecule has 3 aromatic rings. The summed E-state index contributed by atoms with van der Waals surface area (Å²) in [5.41, 5.74) is 3.83. The number of aromatic nitrogens is 3. The Morgan fingerprint density at radius 3 is 2.94 bits per heavy atom. The van der Waals surface area contributed by atoms with Gasteiger partial charge >= 0.3 is 5.97 Å². The van der Waals surface area contributed by atoms with Gasteiger partial charge in [-0.15, -0.1) is 0 Å². The maximum absolute atomic E-state index is 13.0. The van der Waals surface area contributed by atoms with Crippen LogP contribution in [0, 0.1) is 5.92 Å². The summed E-state index contributed by atoms with van der Waals surface area (Å²) in [5.74, 6) is 1.08. The van der Waals surface area contributed by atoms with Crippen LogP contribution in [0.1, 0.15) is 36.6 Å². The molecule has 0 aliphatic carbocycles. The fourth-order valence-corrected chi connectivity index (χ4v) is 5.16. The van der Waals surface area contributed by atoms with E-state index in [-0.39, 0.29) is 18.1 Å². The number of ether oxygens (including phenoxy) is 1. The number of carbonyl (C=O) groups excluding carboxylic acids is 1. The van der Waals surface area contributed by atoms with Crippen LogP contribution in [0.5, 0.6) is 0 Å². The zero-order valence-electron chi connectivity index (χ0n) is 19.3. The van der Waals surface area contributed by atoms with E-state index in [1.54, 1.807) is 0 Å². The average Bonchev–Trinajstić information content (AvgIpc) is 3.16. The van der Waals surface area contributed by atoms with Crippen LogP contribution in [0.15, 0.2) is 35.3 Å². The van der Waals surface area contributed by atoms with Gasteiger partial charge in [0.1, 0.15) is 6.54 Å². The van der Waals surface area contributed by atoms with Gasteiger partial charge in [0, 0.05) is 56.2 Å². The summed E-state index contributed by atoms with van der Waals surface area (Å²) in [6, 6.07) is 8.09. The summed E-state index contributed by atoms with van der Waals surface area (Å²) in [5, 5.41) is 1.12. The highest BCUT2D eigenvalue weighted by Crippen LogP contribution is 2.26. The minimum atomic E-state index is -0.272. The van der Waals surface area contributed by atoms with Crippen molar-refractivity contribution in [2.45, 2.75) is 45.8 Å². The molecule has 1 N–H and O–H groups in total. The van der Waals surface area contributed by atoms with Crippen molar-refractivity contribution >= 4 is 22.8 Å². The fraction of sp³-hybridized carbons (Fsp3) is 0.480. The third-order valence-corrected chi connectivity index (χ3v) is 6.88. The van der Waals surface area contributed by atoms with Gasteiger partial charge in [0.15, 0.2) is 0 Å². The van der Waals surface area contributed by atoms with E-state index in [9.17, 15) is 9.59 Å². The fourth-order valence-electron chi connectivity index (χ4n) is 5.16. The zero-order valence-corrected chi connectivity index (χ0v) is 19.3. The number of hydrogen-bond donors (Lipinski definition) is 1. The van der Waals surface area contributed by atoms with Crippen LogP contribution in [0.4, 0.5) is 5.95 Å². The van der Waals surface area contributed by atoms with Crippen molar-refractivity contribution in [3.05, 3.63) is 57.6 Å². The zero-order chi connectivity index (χ0) is 22.9. The monoisotopic (exact) mass is 449 g/mol. The lowest BCUT2D eigenvalue weighted by Gasteiger charge is -2.33. The number of methoxy groups -OCH3 is 1. The molecule has 1 fully saturated rings. The van der Waals surface area contributed by atoms with Crippen molar-refractivity contribution < 1.29 is 9.53 Å². The molecule has 0 radical (unpaired) electrons. The molecule has 8 nitrogen and oxygen atoms in total. The molecule has 2 aliphatic heterocycles. The van der Waals surface area contributed by atoms with Gasteiger partial charge < -0.3 is 14.2 Å². The second-order valence-electron chi connectivity index (χ2n) is 9.34. The largest absolute Gasteiger partial charge is 0.468 e. The highest BCUT2D eigenvalue weighted by atomic mass is 16.5. The maximum Gasteiger partial charge on any atom is 0.325 e. The molecule has 0 spiro atoms. The number of H-pyrrole nitrogens is 1. The number of nitrogens with one attached hydrogen (secondary N) is 1. The molecule has 0 saturated carbocycles. The average molecular weight is 450 g/mol. The first kappa shape index (κ1) is 21.7. The van der Waals surface area contributed by atoms with Crippen LogP contribution >= 0.6 is 0 Å². The van der Waals surface area contributed by atoms with E-state index in [0.717, 1.165) is 66.1 Å². The minimum Gasteiger partial charge on any atom is -0.468 e. The standard InChI is InChI=1S/C25H31N5O3/c1-17-6-5-10-29(12-17)25-26-21-9-11-28(15-20(21)24(32)27-25)13-18-14-30(16-23(31)33-2)22-8-4-3-7-19(18)22/h3-4,7-8,14,17H,5-6,9-13,15-16H2,1-2H3,(H,26,27,32)/t17-/m1/s1. The molecule has 2 aliphatic rings. The molecule has 1 saturated heterocycles. The van der Waals surface area contributed by atoms with E-state index in [1.165, 1.54) is 13.5 Å². The van der Waals surface area contributed by atoms with Gasteiger partial charge in [0.05, 0.1) is 18.4 Å². The SMILES string of the molecule is COC(=O)Cn1cc(CN2CCc3nc(N4CCC[C@@H](C)C4)[nH]c(=O)c3C2)c2ccccc21. The number of aromatic amines is 1. The number of fused-ring (bicyclic) bond motifs is 2. The summed E-state index contributed by atoms with van der Waals surface area (Å²) in [6.45, 7) is 6.46. The van der Waals surface area contributed by atoms with Gasteiger partial charge in [-0.25, -0.2) is 4.98 Å². The van der Waals surface area contributed by atoms with Crippen molar-refractivity contribution in [1.29, 1.82) is 0 Å². The third-order valence-electron chi connectivity index (χ3n) is 6.88. The summed E-state index contributed by atoms with van der Waals surface area (Å²) in [4.78, 5) is 37.2. The summed E-state index contributed by atoms with van der Waals surface area (Å²) in [7, 11) is 1.41. The molecule has 174 valence electrons. The summed E-state index contributed by atoms with van der Waals surface area (Å²) >= 11 is 0. The Kier molecular flexibility index (Phi) is 5.93. The normalized spacial score (nSPS) is 19.0. The predicted molar refractivity (Wildman–Crippen MR) is 127 cm³/mol. The van der Waals surface area contributed by atoms with E-state index < -0.39 is 0 Å². The Labute approximate surface area is 193 Å². The number of hydrogen-bond acceptors (Lipinski definition) is 6. The molecule has 0 unspecified atom stereocenters. The number of piperidine rings is 1. The van der Waals surface area contributed by atoms with Crippen molar-refractivity contribution in [2.24, 2.45) is 5.92 Å². The first-order valence-corrected chi connectivity index (χ1v) is 11.7. The predicted octanol–water partition coefficient (Wildman–Crippen LogP) is 2.69. The molecule has 33 heavy (non-hydrogen) atoms. The molecule has 8 heteroatoms. The second kappa shape index (κ2) is 9.02. The molecule has 0 amide bonds. The Morgan fingerprint density at radius 1 is 1.27 bits per heavy atom. The van der Waals surface area contributed by atoms with Crippen molar-refractivity contribution in [2.75, 3.05) is 31.6 Å². The van der Waals surface area contributed by atoms with Crippen LogP contribution in [0.25, 0.3) is 10.9 Å². The Balaban J connectivity index is 1.36. The first-order chi connectivity index (χ1) is 16.0. The van der Waals surface area contributed by atoms with E-state index in [0.29, 0.717) is 19.0 Å². The number of rotatable bonds is 5.